The maximum absolute atomic E-state index is 13.4. The fourth-order valence-electron chi connectivity index (χ4n) is 2.67. The topological polar surface area (TPSA) is 75.7 Å². The Morgan fingerprint density at radius 1 is 1.17 bits per heavy atom. The number of hydrogen-bond acceptors (Lipinski definition) is 4. The third kappa shape index (κ3) is 5.28. The highest BCUT2D eigenvalue weighted by Crippen LogP contribution is 2.33. The molecule has 2 rings (SSSR count). The zero-order chi connectivity index (χ0) is 22.7. The van der Waals surface area contributed by atoms with Gasteiger partial charge in [-0.2, -0.15) is 17.5 Å². The number of hydrogen-bond donors (Lipinski definition) is 1. The minimum absolute atomic E-state index is 0.0793. The molecule has 30 heavy (non-hydrogen) atoms. The summed E-state index contributed by atoms with van der Waals surface area (Å²) < 4.78 is 83.8. The van der Waals surface area contributed by atoms with Crippen molar-refractivity contribution in [2.24, 2.45) is 0 Å². The number of nitrogens with one attached hydrogen (secondary N) is 1. The fourth-order valence-corrected chi connectivity index (χ4v) is 4.32. The van der Waals surface area contributed by atoms with Gasteiger partial charge in [0, 0.05) is 12.2 Å². The zero-order valence-corrected chi connectivity index (χ0v) is 17.2. The lowest BCUT2D eigenvalue weighted by Gasteiger charge is -2.21. The molecule has 0 saturated carbocycles. The number of anilines is 1. The molecule has 0 saturated heterocycles. The van der Waals surface area contributed by atoms with Crippen LogP contribution in [-0.2, 0) is 21.0 Å². The Balaban J connectivity index is 2.26. The number of rotatable bonds is 7. The summed E-state index contributed by atoms with van der Waals surface area (Å²) in [5.41, 5.74) is -1.19. The number of alkyl halides is 3. The van der Waals surface area contributed by atoms with E-state index in [4.69, 9.17) is 4.74 Å². The van der Waals surface area contributed by atoms with Gasteiger partial charge in [0.15, 0.2) is 0 Å². The molecule has 0 heterocycles. The molecular weight excluding hydrogens is 428 g/mol. The summed E-state index contributed by atoms with van der Waals surface area (Å²) >= 11 is 0. The van der Waals surface area contributed by atoms with Gasteiger partial charge in [0.05, 0.1) is 19.2 Å². The van der Waals surface area contributed by atoms with Crippen molar-refractivity contribution in [2.75, 3.05) is 25.5 Å². The predicted molar refractivity (Wildman–Crippen MR) is 102 cm³/mol. The molecule has 11 heteroatoms. The molecule has 2 aromatic carbocycles. The first-order valence-corrected chi connectivity index (χ1v) is 10.2. The second-order valence-corrected chi connectivity index (χ2v) is 8.23. The minimum Gasteiger partial charge on any atom is -0.495 e. The van der Waals surface area contributed by atoms with Crippen LogP contribution in [0.1, 0.15) is 18.1 Å². The average molecular weight is 448 g/mol. The van der Waals surface area contributed by atoms with Crippen LogP contribution < -0.4 is 10.1 Å². The number of likely N-dealkylation sites (N-methyl/N-ethyl adjacent to an activating group) is 1. The van der Waals surface area contributed by atoms with Crippen molar-refractivity contribution in [3.8, 4) is 5.75 Å². The standard InChI is InChI=1S/C19H20F4N2O4S/c1-4-25(30(27,28)17-9-12(2)5-8-16(17)29-3)11-18(26)24-13-6-7-15(20)14(10-13)19(21,22)23/h5-10H,4,11H2,1-3H3,(H,24,26). The molecular formula is C19H20F4N2O4S. The largest absolute Gasteiger partial charge is 0.495 e. The number of carbonyl (C=O) groups is 1. The quantitative estimate of drug-likeness (QED) is 0.654. The van der Waals surface area contributed by atoms with Gasteiger partial charge in [-0.3, -0.25) is 4.79 Å². The van der Waals surface area contributed by atoms with Crippen LogP contribution >= 0.6 is 0 Å². The summed E-state index contributed by atoms with van der Waals surface area (Å²) in [7, 11) is -2.83. The first-order chi connectivity index (χ1) is 13.9. The lowest BCUT2D eigenvalue weighted by Crippen LogP contribution is -2.38. The number of sulfonamides is 1. The number of carbonyl (C=O) groups excluding carboxylic acids is 1. The lowest BCUT2D eigenvalue weighted by molar-refractivity contribution is -0.140. The molecule has 0 aliphatic heterocycles. The molecule has 1 N–H and O–H groups in total. The van der Waals surface area contributed by atoms with Gasteiger partial charge >= 0.3 is 6.18 Å². The Morgan fingerprint density at radius 2 is 1.83 bits per heavy atom. The Hall–Kier alpha value is -2.66. The van der Waals surface area contributed by atoms with E-state index >= 15 is 0 Å². The molecule has 1 amide bonds. The number of nitrogens with zero attached hydrogens (tertiary/aromatic N) is 1. The van der Waals surface area contributed by atoms with E-state index in [0.717, 1.165) is 10.4 Å². The number of methoxy groups -OCH3 is 1. The molecule has 0 bridgehead atoms. The van der Waals surface area contributed by atoms with Crippen molar-refractivity contribution in [3.63, 3.8) is 0 Å². The third-order valence-electron chi connectivity index (χ3n) is 4.17. The summed E-state index contributed by atoms with van der Waals surface area (Å²) in [5.74, 6) is -2.27. The zero-order valence-electron chi connectivity index (χ0n) is 16.4. The molecule has 2 aromatic rings. The van der Waals surface area contributed by atoms with Gasteiger partial charge < -0.3 is 10.1 Å². The Bertz CT molecular complexity index is 1040. The van der Waals surface area contributed by atoms with Crippen molar-refractivity contribution in [1.29, 1.82) is 0 Å². The summed E-state index contributed by atoms with van der Waals surface area (Å²) in [5, 5.41) is 2.17. The molecule has 0 aromatic heterocycles. The Morgan fingerprint density at radius 3 is 2.40 bits per heavy atom. The predicted octanol–water partition coefficient (Wildman–Crippen LogP) is 3.81. The van der Waals surface area contributed by atoms with Crippen LogP contribution in [-0.4, -0.2) is 38.8 Å². The summed E-state index contributed by atoms with van der Waals surface area (Å²) in [6.45, 7) is 2.46. The Labute approximate surface area is 171 Å². The number of benzene rings is 2. The van der Waals surface area contributed by atoms with Crippen LogP contribution in [0.2, 0.25) is 0 Å². The average Bonchev–Trinajstić information content (AvgIpc) is 2.66. The molecule has 6 nitrogen and oxygen atoms in total. The second-order valence-electron chi connectivity index (χ2n) is 6.33. The van der Waals surface area contributed by atoms with Gasteiger partial charge in [0.1, 0.15) is 16.5 Å². The molecule has 0 aliphatic carbocycles. The lowest BCUT2D eigenvalue weighted by atomic mass is 10.2. The van der Waals surface area contributed by atoms with Gasteiger partial charge in [-0.05, 0) is 42.8 Å². The smallest absolute Gasteiger partial charge is 0.419 e. The van der Waals surface area contributed by atoms with Crippen LogP contribution in [0, 0.1) is 12.7 Å². The van der Waals surface area contributed by atoms with E-state index in [1.165, 1.54) is 26.2 Å². The normalized spacial score (nSPS) is 12.1. The monoisotopic (exact) mass is 448 g/mol. The van der Waals surface area contributed by atoms with Crippen LogP contribution in [0.4, 0.5) is 23.2 Å². The molecule has 0 aliphatic rings. The molecule has 0 spiro atoms. The molecule has 164 valence electrons. The highest BCUT2D eigenvalue weighted by molar-refractivity contribution is 7.89. The van der Waals surface area contributed by atoms with Crippen LogP contribution in [0.5, 0.6) is 5.75 Å². The third-order valence-corrected chi connectivity index (χ3v) is 6.11. The van der Waals surface area contributed by atoms with Crippen LogP contribution in [0.3, 0.4) is 0 Å². The van der Waals surface area contributed by atoms with E-state index in [9.17, 15) is 30.8 Å². The first kappa shape index (κ1) is 23.6. The fraction of sp³-hybridized carbons (Fsp3) is 0.316. The van der Waals surface area contributed by atoms with Crippen molar-refractivity contribution < 1.29 is 35.5 Å². The maximum atomic E-state index is 13.4. The second kappa shape index (κ2) is 9.00. The van der Waals surface area contributed by atoms with Crippen LogP contribution in [0.25, 0.3) is 0 Å². The maximum Gasteiger partial charge on any atom is 0.419 e. The SMILES string of the molecule is CCN(CC(=O)Nc1ccc(F)c(C(F)(F)F)c1)S(=O)(=O)c1cc(C)ccc1OC. The highest BCUT2D eigenvalue weighted by atomic mass is 32.2. The molecule has 0 radical (unpaired) electrons. The van der Waals surface area contributed by atoms with Crippen molar-refractivity contribution in [1.82, 2.24) is 4.31 Å². The van der Waals surface area contributed by atoms with E-state index in [2.05, 4.69) is 5.32 Å². The highest BCUT2D eigenvalue weighted by Gasteiger charge is 2.34. The van der Waals surface area contributed by atoms with E-state index in [-0.39, 0.29) is 22.9 Å². The summed E-state index contributed by atoms with van der Waals surface area (Å²) in [4.78, 5) is 12.2. The van der Waals surface area contributed by atoms with Crippen LogP contribution in [0.15, 0.2) is 41.3 Å². The summed E-state index contributed by atoms with van der Waals surface area (Å²) in [6, 6.07) is 6.51. The molecule has 0 atom stereocenters. The van der Waals surface area contributed by atoms with Gasteiger partial charge in [0.25, 0.3) is 0 Å². The number of ether oxygens (including phenoxy) is 1. The summed E-state index contributed by atoms with van der Waals surface area (Å²) in [6.07, 6.45) is -4.94. The van der Waals surface area contributed by atoms with Gasteiger partial charge in [-0.1, -0.05) is 13.0 Å². The Kier molecular flexibility index (Phi) is 7.09. The number of aryl methyl sites for hydroxylation is 1. The first-order valence-electron chi connectivity index (χ1n) is 8.71. The molecule has 0 fully saturated rings. The van der Waals surface area contributed by atoms with Crippen molar-refractivity contribution in [3.05, 3.63) is 53.3 Å². The van der Waals surface area contributed by atoms with Crippen molar-refractivity contribution >= 4 is 21.6 Å². The number of amides is 1. The van der Waals surface area contributed by atoms with Crippen molar-refractivity contribution in [2.45, 2.75) is 24.9 Å². The van der Waals surface area contributed by atoms with E-state index < -0.39 is 40.0 Å². The van der Waals surface area contributed by atoms with Gasteiger partial charge in [-0.25, -0.2) is 12.8 Å². The minimum atomic E-state index is -4.94. The van der Waals surface area contributed by atoms with E-state index in [1.54, 1.807) is 13.0 Å². The molecule has 0 unspecified atom stereocenters. The number of halogens is 4. The van der Waals surface area contributed by atoms with Gasteiger partial charge in [-0.15, -0.1) is 0 Å². The van der Waals surface area contributed by atoms with Gasteiger partial charge in [0.2, 0.25) is 15.9 Å². The van der Waals surface area contributed by atoms with E-state index in [1.807, 2.05) is 0 Å². The van der Waals surface area contributed by atoms with E-state index in [0.29, 0.717) is 17.7 Å².